The molecule has 0 saturated carbocycles. The van der Waals surface area contributed by atoms with Crippen LogP contribution in [-0.2, 0) is 30.0 Å². The van der Waals surface area contributed by atoms with Gasteiger partial charge in [0.25, 0.3) is 11.8 Å². The molecular weight excluding hydrogens is 461 g/mol. The number of sulfonamides is 1. The van der Waals surface area contributed by atoms with E-state index in [0.29, 0.717) is 36.6 Å². The first-order chi connectivity index (χ1) is 16.4. The van der Waals surface area contributed by atoms with E-state index >= 15 is 0 Å². The normalized spacial score (nSPS) is 14.2. The van der Waals surface area contributed by atoms with Crippen molar-refractivity contribution in [1.29, 1.82) is 0 Å². The molecule has 1 aliphatic heterocycles. The van der Waals surface area contributed by atoms with Crippen LogP contribution in [0.4, 0.5) is 4.39 Å². The molecule has 0 unspecified atom stereocenters. The van der Waals surface area contributed by atoms with Crippen molar-refractivity contribution < 1.29 is 22.0 Å². The average molecular weight is 484 g/mol. The molecule has 3 heterocycles. The third-order valence-corrected chi connectivity index (χ3v) is 7.57. The third-order valence-electron chi connectivity index (χ3n) is 5.71. The van der Waals surface area contributed by atoms with Gasteiger partial charge in [-0.3, -0.25) is 4.68 Å². The zero-order chi connectivity index (χ0) is 23.9. The predicted octanol–water partition coefficient (Wildman–Crippen LogP) is 3.42. The summed E-state index contributed by atoms with van der Waals surface area (Å²) >= 11 is 0. The summed E-state index contributed by atoms with van der Waals surface area (Å²) in [6.45, 7) is 2.78. The fourth-order valence-electron chi connectivity index (χ4n) is 4.03. The molecule has 2 aromatic heterocycles. The molecule has 0 fully saturated rings. The Morgan fingerprint density at radius 2 is 1.82 bits per heavy atom. The highest BCUT2D eigenvalue weighted by atomic mass is 32.2. The average Bonchev–Trinajstić information content (AvgIpc) is 3.44. The number of aromatic nitrogens is 4. The van der Waals surface area contributed by atoms with Crippen LogP contribution in [0.25, 0.3) is 23.0 Å². The number of halogens is 1. The van der Waals surface area contributed by atoms with Gasteiger partial charge in [0, 0.05) is 37.8 Å². The first-order valence-electron chi connectivity index (χ1n) is 10.7. The lowest BCUT2D eigenvalue weighted by molar-refractivity contribution is 0.340. The number of hydrogen-bond acceptors (Lipinski definition) is 7. The van der Waals surface area contributed by atoms with Crippen LogP contribution in [0.5, 0.6) is 5.75 Å². The lowest BCUT2D eigenvalue weighted by Crippen LogP contribution is -2.36. The smallest absolute Gasteiger partial charge is 0.268 e. The lowest BCUT2D eigenvalue weighted by Gasteiger charge is -2.26. The summed E-state index contributed by atoms with van der Waals surface area (Å²) < 4.78 is 55.0. The van der Waals surface area contributed by atoms with E-state index in [9.17, 15) is 12.8 Å². The number of rotatable bonds is 6. The molecule has 176 valence electrons. The van der Waals surface area contributed by atoms with E-state index in [1.165, 1.54) is 10.4 Å². The summed E-state index contributed by atoms with van der Waals surface area (Å²) in [5.74, 6) is 0.268. The van der Waals surface area contributed by atoms with Gasteiger partial charge in [-0.1, -0.05) is 12.1 Å². The van der Waals surface area contributed by atoms with Crippen LogP contribution in [0.3, 0.4) is 0 Å². The summed E-state index contributed by atoms with van der Waals surface area (Å²) in [5.41, 5.74) is 2.15. The number of aryl methyl sites for hydroxylation is 1. The Bertz CT molecular complexity index is 1450. The summed E-state index contributed by atoms with van der Waals surface area (Å²) in [6, 6.07) is 12.5. The minimum atomic E-state index is -3.75. The molecule has 0 spiro atoms. The highest BCUT2D eigenvalue weighted by Crippen LogP contribution is 2.33. The van der Waals surface area contributed by atoms with E-state index in [1.807, 2.05) is 6.92 Å². The van der Waals surface area contributed by atoms with Gasteiger partial charge < -0.3 is 9.15 Å². The van der Waals surface area contributed by atoms with Crippen LogP contribution in [-0.4, -0.2) is 45.9 Å². The van der Waals surface area contributed by atoms with Gasteiger partial charge >= 0.3 is 0 Å². The van der Waals surface area contributed by atoms with Gasteiger partial charge in [0.15, 0.2) is 5.69 Å². The van der Waals surface area contributed by atoms with E-state index in [0.717, 1.165) is 5.69 Å². The Morgan fingerprint density at radius 1 is 1.09 bits per heavy atom. The molecular formula is C23H22FN5O4S. The molecule has 0 bridgehead atoms. The van der Waals surface area contributed by atoms with Crippen LogP contribution >= 0.6 is 0 Å². The highest BCUT2D eigenvalue weighted by Gasteiger charge is 2.33. The van der Waals surface area contributed by atoms with Crippen LogP contribution in [0.2, 0.25) is 0 Å². The lowest BCUT2D eigenvalue weighted by atomic mass is 10.1. The van der Waals surface area contributed by atoms with E-state index in [2.05, 4.69) is 15.3 Å². The predicted molar refractivity (Wildman–Crippen MR) is 121 cm³/mol. The number of fused-ring (bicyclic) bond motifs is 1. The van der Waals surface area contributed by atoms with Gasteiger partial charge in [0.05, 0.1) is 17.1 Å². The Labute approximate surface area is 195 Å². The maximum Gasteiger partial charge on any atom is 0.268 e. The second-order valence-corrected chi connectivity index (χ2v) is 9.72. The Hall–Kier alpha value is -3.57. The van der Waals surface area contributed by atoms with Crippen LogP contribution < -0.4 is 4.74 Å². The molecule has 0 N–H and O–H groups in total. The molecule has 0 radical (unpaired) electrons. The molecule has 11 heteroatoms. The summed E-state index contributed by atoms with van der Waals surface area (Å²) in [7, 11) is -1.96. The van der Waals surface area contributed by atoms with Crippen molar-refractivity contribution in [3.63, 3.8) is 0 Å². The number of ether oxygens (including phenoxy) is 1. The molecule has 0 aliphatic carbocycles. The molecule has 4 aromatic rings. The maximum atomic E-state index is 14.1. The Morgan fingerprint density at radius 3 is 2.56 bits per heavy atom. The van der Waals surface area contributed by atoms with Crippen molar-refractivity contribution in [3.05, 3.63) is 65.6 Å². The summed E-state index contributed by atoms with van der Waals surface area (Å²) in [5, 5.41) is 12.5. The van der Waals surface area contributed by atoms with E-state index in [4.69, 9.17) is 9.15 Å². The molecule has 0 saturated heterocycles. The number of hydrogen-bond donors (Lipinski definition) is 0. The Balaban J connectivity index is 1.46. The van der Waals surface area contributed by atoms with Crippen molar-refractivity contribution in [2.24, 2.45) is 7.05 Å². The molecule has 0 atom stereocenters. The van der Waals surface area contributed by atoms with Gasteiger partial charge in [-0.2, -0.15) is 9.40 Å². The van der Waals surface area contributed by atoms with E-state index < -0.39 is 15.8 Å². The maximum absolute atomic E-state index is 14.1. The van der Waals surface area contributed by atoms with Crippen molar-refractivity contribution >= 4 is 10.0 Å². The highest BCUT2D eigenvalue weighted by molar-refractivity contribution is 7.89. The molecule has 1 aliphatic rings. The van der Waals surface area contributed by atoms with Crippen molar-refractivity contribution in [2.75, 3.05) is 13.2 Å². The van der Waals surface area contributed by atoms with Crippen LogP contribution in [0.15, 0.2) is 57.8 Å². The topological polar surface area (TPSA) is 103 Å². The molecule has 5 rings (SSSR count). The minimum absolute atomic E-state index is 0.0298. The largest absolute Gasteiger partial charge is 0.494 e. The van der Waals surface area contributed by atoms with Gasteiger partial charge in [-0.15, -0.1) is 10.2 Å². The van der Waals surface area contributed by atoms with Gasteiger partial charge in [-0.25, -0.2) is 12.8 Å². The van der Waals surface area contributed by atoms with Crippen LogP contribution in [0.1, 0.15) is 18.2 Å². The van der Waals surface area contributed by atoms with Gasteiger partial charge in [0.1, 0.15) is 11.6 Å². The quantitative estimate of drug-likeness (QED) is 0.414. The first kappa shape index (κ1) is 22.2. The zero-order valence-electron chi connectivity index (χ0n) is 18.6. The molecule has 9 nitrogen and oxygen atoms in total. The zero-order valence-corrected chi connectivity index (χ0v) is 19.4. The van der Waals surface area contributed by atoms with Crippen LogP contribution in [0, 0.1) is 5.82 Å². The molecule has 0 amide bonds. The standard InChI is InChI=1S/C23H22FN5O4S/c1-3-32-15-8-10-16(11-9-15)34(30,31)29-13-12-20-18(14-29)21(27-28(20)2)23-26-25-22(33-23)17-6-4-5-7-19(17)24/h4-11H,3,12-14H2,1-2H3. The number of benzene rings is 2. The fourth-order valence-corrected chi connectivity index (χ4v) is 5.44. The second kappa shape index (κ2) is 8.65. The van der Waals surface area contributed by atoms with Gasteiger partial charge in [-0.05, 0) is 43.3 Å². The Kier molecular flexibility index (Phi) is 5.66. The first-order valence-corrected chi connectivity index (χ1v) is 12.2. The molecule has 2 aromatic carbocycles. The van der Waals surface area contributed by atoms with E-state index in [1.54, 1.807) is 54.2 Å². The minimum Gasteiger partial charge on any atom is -0.494 e. The van der Waals surface area contributed by atoms with Crippen molar-refractivity contribution in [2.45, 2.75) is 24.8 Å². The SMILES string of the molecule is CCOc1ccc(S(=O)(=O)N2CCc3c(c(-c4nnc(-c5ccccc5F)o4)nn3C)C2)cc1. The number of nitrogens with zero attached hydrogens (tertiary/aromatic N) is 5. The fraction of sp³-hybridized carbons (Fsp3) is 0.261. The summed E-state index contributed by atoms with van der Waals surface area (Å²) in [4.78, 5) is 0.185. The molecule has 34 heavy (non-hydrogen) atoms. The van der Waals surface area contributed by atoms with E-state index in [-0.39, 0.29) is 28.8 Å². The van der Waals surface area contributed by atoms with Crippen molar-refractivity contribution in [1.82, 2.24) is 24.3 Å². The summed E-state index contributed by atoms with van der Waals surface area (Å²) in [6.07, 6.45) is 0.476. The third kappa shape index (κ3) is 3.86. The second-order valence-electron chi connectivity index (χ2n) is 7.78. The van der Waals surface area contributed by atoms with Gasteiger partial charge in [0.2, 0.25) is 10.0 Å². The van der Waals surface area contributed by atoms with Crippen molar-refractivity contribution in [3.8, 4) is 28.8 Å². The monoisotopic (exact) mass is 483 g/mol.